The van der Waals surface area contributed by atoms with Gasteiger partial charge >= 0.3 is 0 Å². The number of hydrogen-bond donors (Lipinski definition) is 1. The van der Waals surface area contributed by atoms with Gasteiger partial charge in [0.15, 0.2) is 0 Å². The van der Waals surface area contributed by atoms with Crippen LogP contribution in [0.3, 0.4) is 0 Å². The van der Waals surface area contributed by atoms with Gasteiger partial charge in [0.05, 0.1) is 23.0 Å². The molecule has 0 unspecified atom stereocenters. The maximum atomic E-state index is 12.3. The maximum absolute atomic E-state index is 12.3. The first-order valence-corrected chi connectivity index (χ1v) is 8.43. The molecule has 0 atom stereocenters. The second kappa shape index (κ2) is 7.28. The zero-order chi connectivity index (χ0) is 16.1. The third kappa shape index (κ3) is 3.58. The number of nitro benzene ring substituents is 1. The maximum Gasteiger partial charge on any atom is 0.285 e. The minimum absolute atomic E-state index is 0.0328. The Morgan fingerprint density at radius 2 is 2.27 bits per heavy atom. The number of methoxy groups -OCH3 is 1. The summed E-state index contributed by atoms with van der Waals surface area (Å²) in [5.41, 5.74) is 0.724. The molecule has 0 aliphatic heterocycles. The molecule has 0 aliphatic rings. The minimum atomic E-state index is -0.577. The lowest BCUT2D eigenvalue weighted by molar-refractivity contribution is -0.385. The molecule has 8 heteroatoms. The predicted molar refractivity (Wildman–Crippen MR) is 86.9 cm³/mol. The molecule has 0 aliphatic carbocycles. The highest BCUT2D eigenvalue weighted by molar-refractivity contribution is 7.98. The zero-order valence-corrected chi connectivity index (χ0v) is 13.6. The highest BCUT2D eigenvalue weighted by atomic mass is 32.2. The number of carbonyl (C=O) groups excluding carboxylic acids is 1. The normalized spacial score (nSPS) is 10.3. The quantitative estimate of drug-likeness (QED) is 0.496. The molecule has 2 aromatic rings. The Labute approximate surface area is 135 Å². The van der Waals surface area contributed by atoms with Crippen molar-refractivity contribution in [2.45, 2.75) is 11.4 Å². The van der Waals surface area contributed by atoms with Crippen LogP contribution in [-0.4, -0.2) is 24.2 Å². The first kappa shape index (κ1) is 16.3. The van der Waals surface area contributed by atoms with Gasteiger partial charge in [-0.05, 0) is 34.7 Å². The molecule has 0 spiro atoms. The van der Waals surface area contributed by atoms with Crippen molar-refractivity contribution in [3.63, 3.8) is 0 Å². The highest BCUT2D eigenvalue weighted by Gasteiger charge is 2.23. The average Bonchev–Trinajstić information content (AvgIpc) is 3.04. The number of hydrogen-bond acceptors (Lipinski definition) is 6. The van der Waals surface area contributed by atoms with E-state index in [0.29, 0.717) is 17.2 Å². The van der Waals surface area contributed by atoms with Gasteiger partial charge in [-0.3, -0.25) is 14.9 Å². The van der Waals surface area contributed by atoms with E-state index in [0.717, 1.165) is 5.56 Å². The Morgan fingerprint density at radius 3 is 2.82 bits per heavy atom. The van der Waals surface area contributed by atoms with Gasteiger partial charge in [-0.15, -0.1) is 11.8 Å². The molecule has 1 heterocycles. The molecule has 116 valence electrons. The first-order chi connectivity index (χ1) is 10.6. The van der Waals surface area contributed by atoms with E-state index in [4.69, 9.17) is 4.74 Å². The molecule has 0 radical (unpaired) electrons. The van der Waals surface area contributed by atoms with Crippen LogP contribution in [0, 0.1) is 10.1 Å². The highest BCUT2D eigenvalue weighted by Crippen LogP contribution is 2.34. The standard InChI is InChI=1S/C14H14N2O4S2/c1-20-12-6-11(16(18)19)10(5-13(12)21-2)14(17)15-7-9-3-4-22-8-9/h3-6,8H,7H2,1-2H3,(H,15,17). The molecule has 6 nitrogen and oxygen atoms in total. The van der Waals surface area contributed by atoms with Crippen LogP contribution >= 0.6 is 23.1 Å². The molecular formula is C14H14N2O4S2. The van der Waals surface area contributed by atoms with E-state index in [1.165, 1.54) is 42.3 Å². The molecule has 1 aromatic heterocycles. The van der Waals surface area contributed by atoms with Crippen LogP contribution in [0.25, 0.3) is 0 Å². The molecule has 1 N–H and O–H groups in total. The van der Waals surface area contributed by atoms with Crippen LogP contribution in [0.1, 0.15) is 15.9 Å². The fourth-order valence-corrected chi connectivity index (χ4v) is 3.12. The van der Waals surface area contributed by atoms with Crippen molar-refractivity contribution < 1.29 is 14.5 Å². The summed E-state index contributed by atoms with van der Waals surface area (Å²) < 4.78 is 5.13. The summed E-state index contributed by atoms with van der Waals surface area (Å²) in [5.74, 6) is -0.0931. The van der Waals surface area contributed by atoms with Crippen molar-refractivity contribution in [3.05, 3.63) is 50.2 Å². The fourth-order valence-electron chi connectivity index (χ4n) is 1.87. The molecule has 22 heavy (non-hydrogen) atoms. The van der Waals surface area contributed by atoms with Crippen molar-refractivity contribution in [3.8, 4) is 5.75 Å². The lowest BCUT2D eigenvalue weighted by Crippen LogP contribution is -2.23. The number of ether oxygens (including phenoxy) is 1. The molecule has 1 aromatic carbocycles. The van der Waals surface area contributed by atoms with Crippen molar-refractivity contribution in [1.82, 2.24) is 5.32 Å². The Balaban J connectivity index is 2.30. The van der Waals surface area contributed by atoms with Gasteiger partial charge < -0.3 is 10.1 Å². The summed E-state index contributed by atoms with van der Waals surface area (Å²) in [4.78, 5) is 23.6. The van der Waals surface area contributed by atoms with Crippen molar-refractivity contribution in [2.75, 3.05) is 13.4 Å². The number of benzene rings is 1. The number of rotatable bonds is 6. The number of nitrogens with zero attached hydrogens (tertiary/aromatic N) is 1. The van der Waals surface area contributed by atoms with Crippen LogP contribution in [0.15, 0.2) is 33.9 Å². The topological polar surface area (TPSA) is 81.5 Å². The predicted octanol–water partition coefficient (Wildman–Crippen LogP) is 3.32. The lowest BCUT2D eigenvalue weighted by atomic mass is 10.1. The fraction of sp³-hybridized carbons (Fsp3) is 0.214. The molecule has 2 rings (SSSR count). The van der Waals surface area contributed by atoms with Gasteiger partial charge in [0.2, 0.25) is 0 Å². The summed E-state index contributed by atoms with van der Waals surface area (Å²) >= 11 is 2.89. The minimum Gasteiger partial charge on any atom is -0.495 e. The number of thioether (sulfide) groups is 1. The van der Waals surface area contributed by atoms with Crippen molar-refractivity contribution in [2.24, 2.45) is 0 Å². The summed E-state index contributed by atoms with van der Waals surface area (Å²) in [6.45, 7) is 0.333. The molecule has 0 saturated carbocycles. The van der Waals surface area contributed by atoms with Gasteiger partial charge in [0.25, 0.3) is 11.6 Å². The molecular weight excluding hydrogens is 324 g/mol. The summed E-state index contributed by atoms with van der Waals surface area (Å²) in [5, 5.41) is 17.7. The summed E-state index contributed by atoms with van der Waals surface area (Å²) in [7, 11) is 1.44. The number of amides is 1. The number of carbonyl (C=O) groups is 1. The van der Waals surface area contributed by atoms with Gasteiger partial charge in [0.1, 0.15) is 11.3 Å². The number of thiophene rings is 1. The van der Waals surface area contributed by atoms with Crippen LogP contribution in [0.5, 0.6) is 5.75 Å². The molecule has 0 fully saturated rings. The van der Waals surface area contributed by atoms with Crippen LogP contribution < -0.4 is 10.1 Å². The molecule has 0 bridgehead atoms. The Kier molecular flexibility index (Phi) is 5.40. The van der Waals surface area contributed by atoms with Crippen LogP contribution in [0.2, 0.25) is 0 Å². The van der Waals surface area contributed by atoms with E-state index < -0.39 is 10.8 Å². The average molecular weight is 338 g/mol. The Hall–Kier alpha value is -2.06. The van der Waals surface area contributed by atoms with E-state index in [9.17, 15) is 14.9 Å². The third-order valence-electron chi connectivity index (χ3n) is 2.98. The zero-order valence-electron chi connectivity index (χ0n) is 12.0. The van der Waals surface area contributed by atoms with E-state index in [2.05, 4.69) is 5.32 Å². The lowest BCUT2D eigenvalue weighted by Gasteiger charge is -2.10. The van der Waals surface area contributed by atoms with E-state index in [1.54, 1.807) is 0 Å². The van der Waals surface area contributed by atoms with Crippen LogP contribution in [-0.2, 0) is 6.54 Å². The smallest absolute Gasteiger partial charge is 0.285 e. The van der Waals surface area contributed by atoms with Crippen LogP contribution in [0.4, 0.5) is 5.69 Å². The SMILES string of the molecule is COc1cc([N+](=O)[O-])c(C(=O)NCc2ccsc2)cc1SC. The van der Waals surface area contributed by atoms with Crippen molar-refractivity contribution >= 4 is 34.7 Å². The molecule has 1 amide bonds. The summed E-state index contributed by atoms with van der Waals surface area (Å²) in [6.07, 6.45) is 1.82. The second-order valence-corrected chi connectivity index (χ2v) is 5.92. The van der Waals surface area contributed by atoms with E-state index in [-0.39, 0.29) is 11.3 Å². The number of nitro groups is 1. The summed E-state index contributed by atoms with van der Waals surface area (Å²) in [6, 6.07) is 4.66. The van der Waals surface area contributed by atoms with Crippen molar-refractivity contribution in [1.29, 1.82) is 0 Å². The second-order valence-electron chi connectivity index (χ2n) is 4.30. The van der Waals surface area contributed by atoms with Gasteiger partial charge in [0, 0.05) is 6.54 Å². The van der Waals surface area contributed by atoms with E-state index in [1.807, 2.05) is 23.1 Å². The Morgan fingerprint density at radius 1 is 1.50 bits per heavy atom. The first-order valence-electron chi connectivity index (χ1n) is 6.26. The number of nitrogens with one attached hydrogen (secondary N) is 1. The monoisotopic (exact) mass is 338 g/mol. The van der Waals surface area contributed by atoms with Gasteiger partial charge in [-0.2, -0.15) is 11.3 Å². The molecule has 0 saturated heterocycles. The largest absolute Gasteiger partial charge is 0.495 e. The van der Waals surface area contributed by atoms with Gasteiger partial charge in [-0.1, -0.05) is 0 Å². The van der Waals surface area contributed by atoms with E-state index >= 15 is 0 Å². The Bertz CT molecular complexity index is 686. The van der Waals surface area contributed by atoms with Gasteiger partial charge in [-0.25, -0.2) is 0 Å². The third-order valence-corrected chi connectivity index (χ3v) is 4.47.